The van der Waals surface area contributed by atoms with Crippen LogP contribution in [0.3, 0.4) is 0 Å². The van der Waals surface area contributed by atoms with Gasteiger partial charge in [0.15, 0.2) is 0 Å². The lowest BCUT2D eigenvalue weighted by Gasteiger charge is -2.24. The van der Waals surface area contributed by atoms with E-state index in [-0.39, 0.29) is 25.8 Å². The summed E-state index contributed by atoms with van der Waals surface area (Å²) in [4.78, 5) is 22.1. The van der Waals surface area contributed by atoms with Gasteiger partial charge in [-0.25, -0.2) is 4.57 Å². The van der Waals surface area contributed by atoms with Crippen LogP contribution in [-0.2, 0) is 27.9 Å². The van der Waals surface area contributed by atoms with Crippen LogP contribution in [0.1, 0.15) is 84.5 Å². The van der Waals surface area contributed by atoms with Gasteiger partial charge in [-0.3, -0.25) is 13.8 Å². The van der Waals surface area contributed by atoms with E-state index in [2.05, 4.69) is 13.8 Å². The molecule has 192 valence electrons. The Morgan fingerprint density at radius 2 is 1.44 bits per heavy atom. The number of carbonyl (C=O) groups excluding carboxylic acids is 1. The molecule has 0 fully saturated rings. The minimum Gasteiger partial charge on any atom is -0.457 e. The molecule has 0 radical (unpaired) electrons. The summed E-state index contributed by atoms with van der Waals surface area (Å²) in [6.07, 6.45) is 10.5. The Bertz CT molecular complexity index is 511. The SMILES string of the molecule is CCCCCCCCOCC(COP(=O)(O)OCC[N+](C)(C)C)OC(=O)CCCCCC. The fraction of sp³-hybridized carbons (Fsp3) is 0.957. The lowest BCUT2D eigenvalue weighted by Crippen LogP contribution is -2.37. The first-order chi connectivity index (χ1) is 15.1. The van der Waals surface area contributed by atoms with Gasteiger partial charge in [0.05, 0.1) is 34.4 Å². The number of phosphoric ester groups is 1. The Labute approximate surface area is 196 Å². The molecule has 0 aliphatic carbocycles. The molecule has 1 N–H and O–H groups in total. The molecule has 2 unspecified atom stereocenters. The van der Waals surface area contributed by atoms with Gasteiger partial charge in [0.25, 0.3) is 0 Å². The first-order valence-corrected chi connectivity index (χ1v) is 13.8. The molecule has 0 rings (SSSR count). The summed E-state index contributed by atoms with van der Waals surface area (Å²) in [5, 5.41) is 0. The van der Waals surface area contributed by atoms with E-state index in [1.165, 1.54) is 25.7 Å². The zero-order valence-corrected chi connectivity index (χ0v) is 22.1. The summed E-state index contributed by atoms with van der Waals surface area (Å²) in [6, 6.07) is 0. The van der Waals surface area contributed by atoms with Crippen LogP contribution in [0.25, 0.3) is 0 Å². The van der Waals surface area contributed by atoms with E-state index in [1.54, 1.807) is 0 Å². The van der Waals surface area contributed by atoms with Crippen molar-refractivity contribution >= 4 is 13.8 Å². The molecular formula is C23H49NO7P+. The zero-order chi connectivity index (χ0) is 24.3. The van der Waals surface area contributed by atoms with E-state index in [4.69, 9.17) is 18.5 Å². The average molecular weight is 483 g/mol. The first kappa shape index (κ1) is 31.5. The number of quaternary nitrogens is 1. The smallest absolute Gasteiger partial charge is 0.457 e. The van der Waals surface area contributed by atoms with Crippen molar-refractivity contribution in [3.63, 3.8) is 0 Å². The topological polar surface area (TPSA) is 91.3 Å². The summed E-state index contributed by atoms with van der Waals surface area (Å²) in [6.45, 7) is 5.41. The van der Waals surface area contributed by atoms with E-state index >= 15 is 0 Å². The Kier molecular flexibility index (Phi) is 18.6. The van der Waals surface area contributed by atoms with E-state index in [9.17, 15) is 14.3 Å². The van der Waals surface area contributed by atoms with Crippen molar-refractivity contribution < 1.29 is 37.3 Å². The number of carbonyl (C=O) groups is 1. The summed E-state index contributed by atoms with van der Waals surface area (Å²) in [5.74, 6) is -0.336. The molecular weight excluding hydrogens is 433 g/mol. The van der Waals surface area contributed by atoms with Crippen molar-refractivity contribution in [3.8, 4) is 0 Å². The maximum Gasteiger partial charge on any atom is 0.472 e. The molecule has 0 saturated heterocycles. The second-order valence-corrected chi connectivity index (χ2v) is 10.8. The molecule has 2 atom stereocenters. The van der Waals surface area contributed by atoms with Crippen LogP contribution in [0.4, 0.5) is 0 Å². The number of nitrogens with zero attached hydrogens (tertiary/aromatic N) is 1. The molecule has 9 heteroatoms. The predicted octanol–water partition coefficient (Wildman–Crippen LogP) is 5.09. The van der Waals surface area contributed by atoms with Crippen LogP contribution in [0.2, 0.25) is 0 Å². The summed E-state index contributed by atoms with van der Waals surface area (Å²) >= 11 is 0. The van der Waals surface area contributed by atoms with Gasteiger partial charge in [0.2, 0.25) is 0 Å². The molecule has 0 bridgehead atoms. The second kappa shape index (κ2) is 18.9. The molecule has 0 spiro atoms. The minimum atomic E-state index is -4.22. The Morgan fingerprint density at radius 3 is 2.06 bits per heavy atom. The lowest BCUT2D eigenvalue weighted by atomic mass is 10.1. The van der Waals surface area contributed by atoms with Gasteiger partial charge in [0, 0.05) is 13.0 Å². The molecule has 32 heavy (non-hydrogen) atoms. The molecule has 0 saturated carbocycles. The van der Waals surface area contributed by atoms with Gasteiger partial charge in [-0.15, -0.1) is 0 Å². The van der Waals surface area contributed by atoms with Crippen LogP contribution >= 0.6 is 7.82 Å². The third kappa shape index (κ3) is 21.4. The fourth-order valence-corrected chi connectivity index (χ4v) is 3.64. The minimum absolute atomic E-state index is 0.0910. The van der Waals surface area contributed by atoms with E-state index in [0.29, 0.717) is 24.1 Å². The van der Waals surface area contributed by atoms with Gasteiger partial charge in [0.1, 0.15) is 19.3 Å². The van der Waals surface area contributed by atoms with Gasteiger partial charge >= 0.3 is 13.8 Å². The van der Waals surface area contributed by atoms with Crippen LogP contribution in [0.15, 0.2) is 0 Å². The van der Waals surface area contributed by atoms with Crippen molar-refractivity contribution in [2.24, 2.45) is 0 Å². The maximum absolute atomic E-state index is 12.2. The van der Waals surface area contributed by atoms with Crippen molar-refractivity contribution in [1.82, 2.24) is 0 Å². The highest BCUT2D eigenvalue weighted by Crippen LogP contribution is 2.43. The number of hydrogen-bond donors (Lipinski definition) is 1. The molecule has 0 amide bonds. The van der Waals surface area contributed by atoms with E-state index in [0.717, 1.165) is 38.5 Å². The van der Waals surface area contributed by atoms with Gasteiger partial charge < -0.3 is 18.9 Å². The first-order valence-electron chi connectivity index (χ1n) is 12.3. The number of likely N-dealkylation sites (N-methyl/N-ethyl adjacent to an activating group) is 1. The van der Waals surface area contributed by atoms with Gasteiger partial charge in [-0.1, -0.05) is 65.2 Å². The molecule has 0 heterocycles. The predicted molar refractivity (Wildman–Crippen MR) is 127 cm³/mol. The molecule has 0 aromatic carbocycles. The molecule has 0 aliphatic heterocycles. The van der Waals surface area contributed by atoms with Crippen molar-refractivity contribution in [2.75, 3.05) is 54.1 Å². The molecule has 8 nitrogen and oxygen atoms in total. The van der Waals surface area contributed by atoms with Crippen LogP contribution < -0.4 is 0 Å². The largest absolute Gasteiger partial charge is 0.472 e. The van der Waals surface area contributed by atoms with E-state index in [1.807, 2.05) is 21.1 Å². The third-order valence-electron chi connectivity index (χ3n) is 4.92. The Morgan fingerprint density at radius 1 is 0.844 bits per heavy atom. The van der Waals surface area contributed by atoms with Gasteiger partial charge in [-0.05, 0) is 12.8 Å². The zero-order valence-electron chi connectivity index (χ0n) is 21.2. The normalized spacial score (nSPS) is 14.8. The highest BCUT2D eigenvalue weighted by atomic mass is 31.2. The maximum atomic E-state index is 12.2. The Balaban J connectivity index is 4.44. The summed E-state index contributed by atoms with van der Waals surface area (Å²) < 4.78 is 34.0. The highest BCUT2D eigenvalue weighted by Gasteiger charge is 2.26. The standard InChI is InChI=1S/C23H48NO7P/c1-6-8-10-12-13-15-18-28-20-22(31-23(25)16-14-11-9-7-2)21-30-32(26,27)29-19-17-24(3,4)5/h22H,6-21H2,1-5H3/p+1. The van der Waals surface area contributed by atoms with Crippen LogP contribution in [0, 0.1) is 0 Å². The van der Waals surface area contributed by atoms with Crippen molar-refractivity contribution in [1.29, 1.82) is 0 Å². The number of hydrogen-bond acceptors (Lipinski definition) is 6. The van der Waals surface area contributed by atoms with E-state index < -0.39 is 13.9 Å². The number of rotatable bonds is 22. The summed E-state index contributed by atoms with van der Waals surface area (Å²) in [7, 11) is 1.66. The highest BCUT2D eigenvalue weighted by molar-refractivity contribution is 7.47. The summed E-state index contributed by atoms with van der Waals surface area (Å²) in [5.41, 5.74) is 0. The van der Waals surface area contributed by atoms with Crippen molar-refractivity contribution in [2.45, 2.75) is 90.6 Å². The molecule has 0 aromatic rings. The number of phosphoric acid groups is 1. The average Bonchev–Trinajstić information content (AvgIpc) is 2.70. The number of ether oxygens (including phenoxy) is 2. The quantitative estimate of drug-likeness (QED) is 0.0995. The van der Waals surface area contributed by atoms with Crippen molar-refractivity contribution in [3.05, 3.63) is 0 Å². The second-order valence-electron chi connectivity index (χ2n) is 9.38. The Hall–Kier alpha value is -0.500. The molecule has 0 aromatic heterocycles. The molecule has 0 aliphatic rings. The fourth-order valence-electron chi connectivity index (χ4n) is 2.90. The van der Waals surface area contributed by atoms with Crippen LogP contribution in [0.5, 0.6) is 0 Å². The number of esters is 1. The number of unbranched alkanes of at least 4 members (excludes halogenated alkanes) is 8. The third-order valence-corrected chi connectivity index (χ3v) is 5.90. The van der Waals surface area contributed by atoms with Crippen LogP contribution in [-0.4, -0.2) is 75.6 Å². The van der Waals surface area contributed by atoms with Gasteiger partial charge in [-0.2, -0.15) is 0 Å². The lowest BCUT2D eigenvalue weighted by molar-refractivity contribution is -0.870. The monoisotopic (exact) mass is 482 g/mol.